The Balaban J connectivity index is 1.26. The third kappa shape index (κ3) is 7.24. The van der Waals surface area contributed by atoms with Crippen LogP contribution < -0.4 is 20.3 Å². The number of fused-ring (bicyclic) bond motifs is 1. The number of nitrogens with zero attached hydrogens (tertiary/aromatic N) is 1. The van der Waals surface area contributed by atoms with Gasteiger partial charge in [0.2, 0.25) is 0 Å². The van der Waals surface area contributed by atoms with E-state index in [9.17, 15) is 4.79 Å². The predicted octanol–water partition coefficient (Wildman–Crippen LogP) is 6.51. The van der Waals surface area contributed by atoms with Gasteiger partial charge in [0.1, 0.15) is 24.7 Å². The molecule has 1 amide bonds. The number of nitrogens with one attached hydrogen (secondary N) is 2. The van der Waals surface area contributed by atoms with Gasteiger partial charge >= 0.3 is 0 Å². The van der Waals surface area contributed by atoms with Crippen LogP contribution in [0.15, 0.2) is 121 Å². The molecule has 1 aromatic heterocycles. The van der Waals surface area contributed by atoms with Crippen LogP contribution in [-0.4, -0.2) is 29.3 Å². The summed E-state index contributed by atoms with van der Waals surface area (Å²) >= 11 is 0. The van der Waals surface area contributed by atoms with E-state index in [1.807, 2.05) is 103 Å². The summed E-state index contributed by atoms with van der Waals surface area (Å²) < 4.78 is 12.0. The Kier molecular flexibility index (Phi) is 8.66. The number of para-hydroxylation sites is 1. The smallest absolute Gasteiger partial charge is 0.274 e. The van der Waals surface area contributed by atoms with Gasteiger partial charge in [0.05, 0.1) is 17.4 Å². The first-order chi connectivity index (χ1) is 19.7. The van der Waals surface area contributed by atoms with Gasteiger partial charge in [-0.25, -0.2) is 5.48 Å². The van der Waals surface area contributed by atoms with E-state index in [2.05, 4.69) is 16.4 Å². The Hall–Kier alpha value is -5.14. The van der Waals surface area contributed by atoms with Crippen LogP contribution >= 0.6 is 0 Å². The third-order valence-electron chi connectivity index (χ3n) is 6.25. The van der Waals surface area contributed by atoms with Gasteiger partial charge < -0.3 is 14.8 Å². The number of carbonyl (C=O) groups excluding carboxylic acids is 1. The number of ether oxygens (including phenoxy) is 2. The Morgan fingerprint density at radius 1 is 0.825 bits per heavy atom. The zero-order chi connectivity index (χ0) is 27.6. The molecule has 0 fully saturated rings. The van der Waals surface area contributed by atoms with Crippen LogP contribution in [0.1, 0.15) is 21.5 Å². The predicted molar refractivity (Wildman–Crippen MR) is 157 cm³/mol. The summed E-state index contributed by atoms with van der Waals surface area (Å²) in [6.07, 6.45) is 3.83. The highest BCUT2D eigenvalue weighted by Gasteiger charge is 2.06. The van der Waals surface area contributed by atoms with Crippen LogP contribution in [0, 0.1) is 0 Å². The van der Waals surface area contributed by atoms with Crippen LogP contribution in [0.3, 0.4) is 0 Å². The Bertz CT molecular complexity index is 1580. The quantitative estimate of drug-likeness (QED) is 0.133. The fourth-order valence-electron chi connectivity index (χ4n) is 4.11. The van der Waals surface area contributed by atoms with Crippen molar-refractivity contribution in [1.29, 1.82) is 0 Å². The number of pyridine rings is 1. The van der Waals surface area contributed by atoms with Crippen molar-refractivity contribution in [2.45, 2.75) is 6.61 Å². The van der Waals surface area contributed by atoms with Gasteiger partial charge in [0.15, 0.2) is 0 Å². The standard InChI is InChI=1S/C33H29N3O4/c37-33(36-38)27-12-10-24(11-13-27)18-26(20-34-29-19-28-8-4-5-9-32(28)35-21-29)23-40-31-16-14-30(15-17-31)39-22-25-6-2-1-3-7-25/h1-19,21,34,38H,20,22-23H2,(H,36,37). The SMILES string of the molecule is O=C(NO)c1ccc(C=C(CNc2cnc3ccccc3c2)COc2ccc(OCc3ccccc3)cc2)cc1. The Morgan fingerprint density at radius 3 is 2.27 bits per heavy atom. The molecule has 0 aliphatic carbocycles. The maximum absolute atomic E-state index is 11.7. The summed E-state index contributed by atoms with van der Waals surface area (Å²) in [4.78, 5) is 16.2. The lowest BCUT2D eigenvalue weighted by Crippen LogP contribution is -2.18. The fourth-order valence-corrected chi connectivity index (χ4v) is 4.11. The maximum atomic E-state index is 11.7. The molecule has 0 unspecified atom stereocenters. The summed E-state index contributed by atoms with van der Waals surface area (Å²) in [6.45, 7) is 1.37. The first-order valence-electron chi connectivity index (χ1n) is 12.9. The lowest BCUT2D eigenvalue weighted by Gasteiger charge is -2.14. The van der Waals surface area contributed by atoms with E-state index in [1.54, 1.807) is 17.6 Å². The monoisotopic (exact) mass is 531 g/mol. The number of amides is 1. The number of rotatable bonds is 11. The van der Waals surface area contributed by atoms with E-state index in [0.717, 1.165) is 44.8 Å². The van der Waals surface area contributed by atoms with Gasteiger partial charge in [-0.05, 0) is 65.2 Å². The molecule has 1 heterocycles. The second kappa shape index (κ2) is 13.1. The van der Waals surface area contributed by atoms with Gasteiger partial charge in [-0.1, -0.05) is 66.7 Å². The first-order valence-corrected chi connectivity index (χ1v) is 12.9. The Labute approximate surface area is 232 Å². The lowest BCUT2D eigenvalue weighted by atomic mass is 10.1. The van der Waals surface area contributed by atoms with E-state index >= 15 is 0 Å². The zero-order valence-corrected chi connectivity index (χ0v) is 21.8. The van der Waals surface area contributed by atoms with Gasteiger partial charge in [0, 0.05) is 17.5 Å². The molecule has 4 aromatic carbocycles. The molecule has 0 spiro atoms. The summed E-state index contributed by atoms with van der Waals surface area (Å²) in [6, 6.07) is 34.6. The molecule has 0 atom stereocenters. The largest absolute Gasteiger partial charge is 0.489 e. The number of aromatic nitrogens is 1. The molecule has 0 saturated heterocycles. The number of hydrogen-bond acceptors (Lipinski definition) is 6. The second-order valence-corrected chi connectivity index (χ2v) is 9.17. The topological polar surface area (TPSA) is 92.7 Å². The van der Waals surface area contributed by atoms with Gasteiger partial charge in [-0.3, -0.25) is 15.0 Å². The van der Waals surface area contributed by atoms with E-state index in [1.165, 1.54) is 0 Å². The average Bonchev–Trinajstić information content (AvgIpc) is 3.02. The number of anilines is 1. The number of hydroxylamine groups is 1. The Morgan fingerprint density at radius 2 is 1.52 bits per heavy atom. The van der Waals surface area contributed by atoms with E-state index in [0.29, 0.717) is 25.3 Å². The zero-order valence-electron chi connectivity index (χ0n) is 21.8. The highest BCUT2D eigenvalue weighted by Crippen LogP contribution is 2.21. The molecule has 0 aliphatic rings. The molecule has 0 aliphatic heterocycles. The van der Waals surface area contributed by atoms with Crippen LogP contribution in [0.5, 0.6) is 11.5 Å². The highest BCUT2D eigenvalue weighted by atomic mass is 16.5. The van der Waals surface area contributed by atoms with E-state index < -0.39 is 5.91 Å². The average molecular weight is 532 g/mol. The molecule has 3 N–H and O–H groups in total. The van der Waals surface area contributed by atoms with Crippen LogP contribution in [0.2, 0.25) is 0 Å². The van der Waals surface area contributed by atoms with E-state index in [-0.39, 0.29) is 0 Å². The molecule has 0 radical (unpaired) electrons. The molecule has 7 nitrogen and oxygen atoms in total. The summed E-state index contributed by atoms with van der Waals surface area (Å²) in [5.74, 6) is 0.936. The second-order valence-electron chi connectivity index (χ2n) is 9.17. The lowest BCUT2D eigenvalue weighted by molar-refractivity contribution is 0.0706. The van der Waals surface area contributed by atoms with Crippen molar-refractivity contribution < 1.29 is 19.5 Å². The molecule has 5 rings (SSSR count). The highest BCUT2D eigenvalue weighted by molar-refractivity contribution is 5.93. The molecular weight excluding hydrogens is 502 g/mol. The molecule has 40 heavy (non-hydrogen) atoms. The van der Waals surface area contributed by atoms with Crippen molar-refractivity contribution in [3.8, 4) is 11.5 Å². The normalized spacial score (nSPS) is 11.2. The molecular formula is C33H29N3O4. The van der Waals surface area contributed by atoms with Crippen LogP contribution in [0.25, 0.3) is 17.0 Å². The molecule has 200 valence electrons. The van der Waals surface area contributed by atoms with Crippen molar-refractivity contribution in [1.82, 2.24) is 10.5 Å². The fraction of sp³-hybridized carbons (Fsp3) is 0.0909. The van der Waals surface area contributed by atoms with Gasteiger partial charge in [0.25, 0.3) is 5.91 Å². The van der Waals surface area contributed by atoms with Gasteiger partial charge in [-0.15, -0.1) is 0 Å². The van der Waals surface area contributed by atoms with E-state index in [4.69, 9.17) is 14.7 Å². The maximum Gasteiger partial charge on any atom is 0.274 e. The van der Waals surface area contributed by atoms with Crippen molar-refractivity contribution in [2.24, 2.45) is 0 Å². The summed E-state index contributed by atoms with van der Waals surface area (Å²) in [5.41, 5.74) is 6.85. The van der Waals surface area contributed by atoms with Crippen molar-refractivity contribution in [3.05, 3.63) is 138 Å². The summed E-state index contributed by atoms with van der Waals surface area (Å²) in [5, 5.41) is 13.4. The molecule has 7 heteroatoms. The van der Waals surface area contributed by atoms with Crippen LogP contribution in [0.4, 0.5) is 5.69 Å². The molecule has 0 saturated carbocycles. The minimum atomic E-state index is -0.555. The van der Waals surface area contributed by atoms with Gasteiger partial charge in [-0.2, -0.15) is 0 Å². The van der Waals surface area contributed by atoms with Crippen LogP contribution in [-0.2, 0) is 6.61 Å². The number of benzene rings is 4. The minimum Gasteiger partial charge on any atom is -0.489 e. The summed E-state index contributed by atoms with van der Waals surface area (Å²) in [7, 11) is 0. The van der Waals surface area contributed by atoms with Crippen molar-refractivity contribution >= 4 is 28.6 Å². The molecule has 0 bridgehead atoms. The number of hydrogen-bond donors (Lipinski definition) is 3. The minimum absolute atomic E-state index is 0.344. The van der Waals surface area contributed by atoms with Crippen molar-refractivity contribution in [3.63, 3.8) is 0 Å². The molecule has 5 aromatic rings. The van der Waals surface area contributed by atoms with Crippen molar-refractivity contribution in [2.75, 3.05) is 18.5 Å². The third-order valence-corrected chi connectivity index (χ3v) is 6.25. The number of carbonyl (C=O) groups is 1. The first kappa shape index (κ1) is 26.5.